The van der Waals surface area contributed by atoms with Gasteiger partial charge < -0.3 is 9.47 Å². The van der Waals surface area contributed by atoms with E-state index in [9.17, 15) is 4.79 Å². The Morgan fingerprint density at radius 3 is 2.63 bits per heavy atom. The van der Waals surface area contributed by atoms with Crippen LogP contribution in [0.3, 0.4) is 0 Å². The van der Waals surface area contributed by atoms with Crippen LogP contribution in [0, 0.1) is 0 Å². The first-order valence-corrected chi connectivity index (χ1v) is 6.06. The van der Waals surface area contributed by atoms with Crippen molar-refractivity contribution in [3.05, 3.63) is 36.5 Å². The van der Waals surface area contributed by atoms with E-state index in [0.29, 0.717) is 6.61 Å². The molecule has 2 aromatic rings. The molecule has 0 bridgehead atoms. The summed E-state index contributed by atoms with van der Waals surface area (Å²) < 4.78 is 11.7. The zero-order chi connectivity index (χ0) is 13.7. The van der Waals surface area contributed by atoms with Gasteiger partial charge in [-0.1, -0.05) is 0 Å². The Hall–Kier alpha value is -2.30. The SMILES string of the molecule is CCOC(=O)Cn1nccc1-c1ccc(OC)cc1. The molecular weight excluding hydrogens is 244 g/mol. The number of rotatable bonds is 5. The summed E-state index contributed by atoms with van der Waals surface area (Å²) in [6.07, 6.45) is 1.67. The molecule has 19 heavy (non-hydrogen) atoms. The number of carbonyl (C=O) groups excluding carboxylic acids is 1. The Kier molecular flexibility index (Phi) is 4.18. The average Bonchev–Trinajstić information content (AvgIpc) is 2.87. The van der Waals surface area contributed by atoms with Crippen LogP contribution in [-0.4, -0.2) is 29.5 Å². The second kappa shape index (κ2) is 6.04. The molecule has 0 amide bonds. The highest BCUT2D eigenvalue weighted by Crippen LogP contribution is 2.22. The van der Waals surface area contributed by atoms with Crippen molar-refractivity contribution in [1.29, 1.82) is 0 Å². The van der Waals surface area contributed by atoms with E-state index in [0.717, 1.165) is 17.0 Å². The molecule has 0 radical (unpaired) electrons. The van der Waals surface area contributed by atoms with Crippen LogP contribution >= 0.6 is 0 Å². The molecule has 0 aliphatic heterocycles. The van der Waals surface area contributed by atoms with Crippen molar-refractivity contribution in [2.24, 2.45) is 0 Å². The topological polar surface area (TPSA) is 53.4 Å². The third-order valence-electron chi connectivity index (χ3n) is 2.69. The summed E-state index contributed by atoms with van der Waals surface area (Å²) in [4.78, 5) is 11.5. The summed E-state index contributed by atoms with van der Waals surface area (Å²) in [6.45, 7) is 2.27. The third kappa shape index (κ3) is 3.13. The van der Waals surface area contributed by atoms with Gasteiger partial charge in [-0.3, -0.25) is 9.48 Å². The second-order valence-corrected chi connectivity index (χ2v) is 3.91. The van der Waals surface area contributed by atoms with Crippen molar-refractivity contribution in [2.75, 3.05) is 13.7 Å². The summed E-state index contributed by atoms with van der Waals surface area (Å²) in [6, 6.07) is 9.46. The Morgan fingerprint density at radius 1 is 1.26 bits per heavy atom. The van der Waals surface area contributed by atoms with E-state index in [4.69, 9.17) is 9.47 Å². The fourth-order valence-corrected chi connectivity index (χ4v) is 1.79. The van der Waals surface area contributed by atoms with Gasteiger partial charge in [0.2, 0.25) is 0 Å². The van der Waals surface area contributed by atoms with Crippen LogP contribution in [0.2, 0.25) is 0 Å². The minimum atomic E-state index is -0.291. The molecule has 5 heteroatoms. The van der Waals surface area contributed by atoms with Crippen LogP contribution in [-0.2, 0) is 16.1 Å². The number of nitrogens with zero attached hydrogens (tertiary/aromatic N) is 2. The summed E-state index contributed by atoms with van der Waals surface area (Å²) in [5.41, 5.74) is 1.85. The molecule has 0 saturated heterocycles. The Labute approximate surface area is 111 Å². The zero-order valence-corrected chi connectivity index (χ0v) is 11.0. The molecule has 1 aromatic heterocycles. The number of benzene rings is 1. The lowest BCUT2D eigenvalue weighted by Gasteiger charge is -2.08. The molecular formula is C14H16N2O3. The number of ether oxygens (including phenoxy) is 2. The maximum atomic E-state index is 11.5. The predicted octanol–water partition coefficient (Wildman–Crippen LogP) is 2.12. The van der Waals surface area contributed by atoms with Gasteiger partial charge in [0.25, 0.3) is 0 Å². The van der Waals surface area contributed by atoms with Crippen molar-refractivity contribution in [3.63, 3.8) is 0 Å². The molecule has 2 rings (SSSR count). The van der Waals surface area contributed by atoms with E-state index in [1.165, 1.54) is 0 Å². The molecule has 0 N–H and O–H groups in total. The summed E-state index contributed by atoms with van der Waals surface area (Å²) in [5.74, 6) is 0.501. The predicted molar refractivity (Wildman–Crippen MR) is 70.8 cm³/mol. The van der Waals surface area contributed by atoms with E-state index in [1.807, 2.05) is 30.3 Å². The molecule has 1 heterocycles. The van der Waals surface area contributed by atoms with Gasteiger partial charge in [-0.25, -0.2) is 0 Å². The number of carbonyl (C=O) groups is 1. The molecule has 0 atom stereocenters. The second-order valence-electron chi connectivity index (χ2n) is 3.91. The first-order valence-electron chi connectivity index (χ1n) is 6.06. The van der Waals surface area contributed by atoms with Crippen molar-refractivity contribution in [2.45, 2.75) is 13.5 Å². The molecule has 0 aliphatic rings. The number of methoxy groups -OCH3 is 1. The Balaban J connectivity index is 2.20. The highest BCUT2D eigenvalue weighted by Gasteiger charge is 2.10. The molecule has 0 spiro atoms. The standard InChI is InChI=1S/C14H16N2O3/c1-3-19-14(17)10-16-13(8-9-15-16)11-4-6-12(18-2)7-5-11/h4-9H,3,10H2,1-2H3. The van der Waals surface area contributed by atoms with Crippen LogP contribution in [0.25, 0.3) is 11.3 Å². The fraction of sp³-hybridized carbons (Fsp3) is 0.286. The van der Waals surface area contributed by atoms with Gasteiger partial charge in [-0.15, -0.1) is 0 Å². The molecule has 1 aromatic carbocycles. The van der Waals surface area contributed by atoms with Gasteiger partial charge in [0.15, 0.2) is 0 Å². The maximum Gasteiger partial charge on any atom is 0.327 e. The summed E-state index contributed by atoms with van der Waals surface area (Å²) in [7, 11) is 1.63. The van der Waals surface area contributed by atoms with Crippen LogP contribution < -0.4 is 4.74 Å². The molecule has 0 unspecified atom stereocenters. The average molecular weight is 260 g/mol. The summed E-state index contributed by atoms with van der Waals surface area (Å²) >= 11 is 0. The first kappa shape index (κ1) is 13.1. The molecule has 0 saturated carbocycles. The van der Waals surface area contributed by atoms with Gasteiger partial charge in [0.1, 0.15) is 12.3 Å². The van der Waals surface area contributed by atoms with E-state index < -0.39 is 0 Å². The quantitative estimate of drug-likeness (QED) is 0.773. The fourth-order valence-electron chi connectivity index (χ4n) is 1.79. The van der Waals surface area contributed by atoms with Crippen LogP contribution in [0.4, 0.5) is 0 Å². The molecule has 0 fully saturated rings. The van der Waals surface area contributed by atoms with Crippen molar-refractivity contribution >= 4 is 5.97 Å². The number of hydrogen-bond donors (Lipinski definition) is 0. The zero-order valence-electron chi connectivity index (χ0n) is 11.0. The largest absolute Gasteiger partial charge is 0.497 e. The number of esters is 1. The lowest BCUT2D eigenvalue weighted by Crippen LogP contribution is -2.15. The normalized spacial score (nSPS) is 10.2. The van der Waals surface area contributed by atoms with Gasteiger partial charge >= 0.3 is 5.97 Å². The first-order chi connectivity index (χ1) is 9.24. The maximum absolute atomic E-state index is 11.5. The van der Waals surface area contributed by atoms with Crippen molar-refractivity contribution < 1.29 is 14.3 Å². The molecule has 0 aliphatic carbocycles. The Morgan fingerprint density at radius 2 is 2.00 bits per heavy atom. The smallest absolute Gasteiger partial charge is 0.327 e. The van der Waals surface area contributed by atoms with Gasteiger partial charge in [0.05, 0.1) is 19.4 Å². The lowest BCUT2D eigenvalue weighted by molar-refractivity contribution is -0.144. The molecule has 100 valence electrons. The van der Waals surface area contributed by atoms with Crippen molar-refractivity contribution in [1.82, 2.24) is 9.78 Å². The highest BCUT2D eigenvalue weighted by molar-refractivity contribution is 5.70. The van der Waals surface area contributed by atoms with Crippen LogP contribution in [0.5, 0.6) is 5.75 Å². The van der Waals surface area contributed by atoms with Gasteiger partial charge in [-0.2, -0.15) is 5.10 Å². The monoisotopic (exact) mass is 260 g/mol. The number of aromatic nitrogens is 2. The van der Waals surface area contributed by atoms with E-state index >= 15 is 0 Å². The third-order valence-corrected chi connectivity index (χ3v) is 2.69. The minimum Gasteiger partial charge on any atom is -0.497 e. The van der Waals surface area contributed by atoms with Crippen LogP contribution in [0.1, 0.15) is 6.92 Å². The lowest BCUT2D eigenvalue weighted by atomic mass is 10.1. The van der Waals surface area contributed by atoms with E-state index in [1.54, 1.807) is 24.9 Å². The Bertz CT molecular complexity index is 546. The highest BCUT2D eigenvalue weighted by atomic mass is 16.5. The van der Waals surface area contributed by atoms with E-state index in [2.05, 4.69) is 5.10 Å². The van der Waals surface area contributed by atoms with Gasteiger partial charge in [-0.05, 0) is 37.3 Å². The minimum absolute atomic E-state index is 0.113. The molecule has 5 nitrogen and oxygen atoms in total. The van der Waals surface area contributed by atoms with Gasteiger partial charge in [0, 0.05) is 11.8 Å². The van der Waals surface area contributed by atoms with E-state index in [-0.39, 0.29) is 12.5 Å². The van der Waals surface area contributed by atoms with Crippen LogP contribution in [0.15, 0.2) is 36.5 Å². The number of hydrogen-bond acceptors (Lipinski definition) is 4. The summed E-state index contributed by atoms with van der Waals surface area (Å²) in [5, 5.41) is 4.14. The van der Waals surface area contributed by atoms with Crippen molar-refractivity contribution in [3.8, 4) is 17.0 Å².